The first kappa shape index (κ1) is 24.3. The molecule has 0 fully saturated rings. The van der Waals surface area contributed by atoms with Crippen LogP contribution in [0.25, 0.3) is 22.0 Å². The van der Waals surface area contributed by atoms with E-state index in [2.05, 4.69) is 15.3 Å². The number of carbonyl (C=O) groups excluding carboxylic acids is 1. The summed E-state index contributed by atoms with van der Waals surface area (Å²) < 4.78 is 54.0. The monoisotopic (exact) mass is 508 g/mol. The van der Waals surface area contributed by atoms with E-state index in [-0.39, 0.29) is 24.4 Å². The Morgan fingerprint density at radius 3 is 2.46 bits per heavy atom. The van der Waals surface area contributed by atoms with Crippen LogP contribution in [-0.4, -0.2) is 25.5 Å². The number of carbonyl (C=O) groups is 1. The molecule has 2 heterocycles. The number of aliphatic hydroxyl groups is 1. The Morgan fingerprint density at radius 2 is 1.76 bits per heavy atom. The molecule has 5 aromatic rings. The third-order valence-electron chi connectivity index (χ3n) is 6.00. The highest BCUT2D eigenvalue weighted by molar-refractivity contribution is 6.08. The highest BCUT2D eigenvalue weighted by Gasteiger charge is 2.29. The summed E-state index contributed by atoms with van der Waals surface area (Å²) in [4.78, 5) is 20.0. The smallest absolute Gasteiger partial charge is 0.392 e. The zero-order valence-electron chi connectivity index (χ0n) is 19.2. The number of nitrogens with zero attached hydrogens (tertiary/aromatic N) is 2. The van der Waals surface area contributed by atoms with Gasteiger partial charge >= 0.3 is 6.18 Å². The van der Waals surface area contributed by atoms with Crippen LogP contribution in [0.2, 0.25) is 0 Å². The standard InChI is InChI=1S/C27H20F4N4O2/c28-22-10-18(3-4-19(22)14-36)17-5-8-23-21(9-17)24(11-32-23)34-26(37)25-13-35(15-33-25)12-16-1-6-20(7-2-16)27(29,30)31/h1-11,13,15,32,36H,12,14H2,(H,34,37). The Balaban J connectivity index is 1.32. The summed E-state index contributed by atoms with van der Waals surface area (Å²) in [7, 11) is 0. The lowest BCUT2D eigenvalue weighted by atomic mass is 10.0. The number of H-pyrrole nitrogens is 1. The van der Waals surface area contributed by atoms with Crippen LogP contribution in [0.4, 0.5) is 23.2 Å². The molecule has 5 rings (SSSR count). The summed E-state index contributed by atoms with van der Waals surface area (Å²) in [6, 6.07) is 14.8. The maximum absolute atomic E-state index is 14.2. The van der Waals surface area contributed by atoms with Crippen LogP contribution in [-0.2, 0) is 19.3 Å². The van der Waals surface area contributed by atoms with E-state index in [0.29, 0.717) is 22.2 Å². The highest BCUT2D eigenvalue weighted by atomic mass is 19.4. The van der Waals surface area contributed by atoms with Gasteiger partial charge in [0.05, 0.1) is 24.2 Å². The van der Waals surface area contributed by atoms with E-state index in [4.69, 9.17) is 0 Å². The van der Waals surface area contributed by atoms with E-state index >= 15 is 0 Å². The van der Waals surface area contributed by atoms with E-state index in [1.54, 1.807) is 16.8 Å². The molecule has 0 aliphatic heterocycles. The number of fused-ring (bicyclic) bond motifs is 1. The SMILES string of the molecule is O=C(Nc1c[nH]c2ccc(-c3ccc(CO)c(F)c3)cc12)c1cn(Cc2ccc(C(F)(F)F)cc2)cn1. The maximum atomic E-state index is 14.2. The summed E-state index contributed by atoms with van der Waals surface area (Å²) in [5, 5.41) is 12.7. The Hall–Kier alpha value is -4.44. The van der Waals surface area contributed by atoms with Gasteiger partial charge in [-0.1, -0.05) is 30.3 Å². The van der Waals surface area contributed by atoms with E-state index in [1.807, 2.05) is 18.2 Å². The number of halogens is 4. The first-order chi connectivity index (χ1) is 17.7. The average Bonchev–Trinajstić information content (AvgIpc) is 3.51. The van der Waals surface area contributed by atoms with Crippen molar-refractivity contribution in [3.63, 3.8) is 0 Å². The number of hydrogen-bond donors (Lipinski definition) is 3. The number of alkyl halides is 3. The molecule has 0 bridgehead atoms. The number of benzene rings is 3. The van der Waals surface area contributed by atoms with Gasteiger partial charge in [-0.3, -0.25) is 4.79 Å². The van der Waals surface area contributed by atoms with Crippen LogP contribution in [0.15, 0.2) is 79.4 Å². The van der Waals surface area contributed by atoms with Gasteiger partial charge in [-0.25, -0.2) is 9.37 Å². The molecule has 0 radical (unpaired) electrons. The lowest BCUT2D eigenvalue weighted by Gasteiger charge is -2.08. The number of aliphatic hydroxyl groups excluding tert-OH is 1. The first-order valence-electron chi connectivity index (χ1n) is 11.2. The predicted molar refractivity (Wildman–Crippen MR) is 130 cm³/mol. The second-order valence-corrected chi connectivity index (χ2v) is 8.51. The molecule has 6 nitrogen and oxygen atoms in total. The number of rotatable bonds is 6. The van der Waals surface area contributed by atoms with Gasteiger partial charge in [0.1, 0.15) is 11.5 Å². The summed E-state index contributed by atoms with van der Waals surface area (Å²) in [6.45, 7) is -0.139. The quantitative estimate of drug-likeness (QED) is 0.247. The highest BCUT2D eigenvalue weighted by Crippen LogP contribution is 2.31. The number of aromatic amines is 1. The zero-order valence-corrected chi connectivity index (χ0v) is 19.2. The van der Waals surface area contributed by atoms with Gasteiger partial charge in [0, 0.05) is 35.4 Å². The molecule has 0 saturated carbocycles. The number of amides is 1. The number of hydrogen-bond acceptors (Lipinski definition) is 3. The van der Waals surface area contributed by atoms with Gasteiger partial charge in [-0.05, 0) is 47.0 Å². The minimum absolute atomic E-state index is 0.138. The topological polar surface area (TPSA) is 82.9 Å². The van der Waals surface area contributed by atoms with Crippen LogP contribution in [0.3, 0.4) is 0 Å². The van der Waals surface area contributed by atoms with Crippen LogP contribution in [0.1, 0.15) is 27.2 Å². The van der Waals surface area contributed by atoms with Gasteiger partial charge in [-0.2, -0.15) is 13.2 Å². The number of anilines is 1. The summed E-state index contributed by atoms with van der Waals surface area (Å²) in [6.07, 6.45) is 0.187. The van der Waals surface area contributed by atoms with E-state index in [9.17, 15) is 27.5 Å². The van der Waals surface area contributed by atoms with Crippen molar-refractivity contribution >= 4 is 22.5 Å². The normalized spacial score (nSPS) is 11.7. The molecule has 3 N–H and O–H groups in total. The molecule has 10 heteroatoms. The van der Waals surface area contributed by atoms with Gasteiger partial charge in [-0.15, -0.1) is 0 Å². The van der Waals surface area contributed by atoms with E-state index in [0.717, 1.165) is 23.2 Å². The molecule has 2 aromatic heterocycles. The molecule has 188 valence electrons. The fourth-order valence-corrected chi connectivity index (χ4v) is 4.02. The van der Waals surface area contributed by atoms with Crippen molar-refractivity contribution in [3.05, 3.63) is 108 Å². The van der Waals surface area contributed by atoms with Gasteiger partial charge in [0.15, 0.2) is 0 Å². The minimum Gasteiger partial charge on any atom is -0.392 e. The Kier molecular flexibility index (Phi) is 6.26. The van der Waals surface area contributed by atoms with Crippen molar-refractivity contribution in [2.24, 2.45) is 0 Å². The average molecular weight is 508 g/mol. The molecular formula is C27H20F4N4O2. The van der Waals surface area contributed by atoms with Crippen LogP contribution in [0, 0.1) is 5.82 Å². The summed E-state index contributed by atoms with van der Waals surface area (Å²) >= 11 is 0. The van der Waals surface area contributed by atoms with Crippen molar-refractivity contribution in [1.82, 2.24) is 14.5 Å². The largest absolute Gasteiger partial charge is 0.416 e. The Bertz CT molecular complexity index is 1590. The number of imidazole rings is 1. The predicted octanol–water partition coefficient (Wildman–Crippen LogP) is 5.98. The second-order valence-electron chi connectivity index (χ2n) is 8.51. The van der Waals surface area contributed by atoms with E-state index in [1.165, 1.54) is 36.8 Å². The summed E-state index contributed by atoms with van der Waals surface area (Å²) in [5.41, 5.74) is 2.87. The Labute approximate surface area is 208 Å². The van der Waals surface area contributed by atoms with Crippen molar-refractivity contribution < 1.29 is 27.5 Å². The Morgan fingerprint density at radius 1 is 1.03 bits per heavy atom. The minimum atomic E-state index is -4.40. The molecular weight excluding hydrogens is 488 g/mol. The number of aromatic nitrogens is 3. The van der Waals surface area contributed by atoms with Crippen LogP contribution >= 0.6 is 0 Å². The first-order valence-corrected chi connectivity index (χ1v) is 11.2. The molecule has 37 heavy (non-hydrogen) atoms. The van der Waals surface area contributed by atoms with Crippen molar-refractivity contribution in [1.29, 1.82) is 0 Å². The molecule has 0 unspecified atom stereocenters. The van der Waals surface area contributed by atoms with Gasteiger partial charge < -0.3 is 20.0 Å². The third-order valence-corrected chi connectivity index (χ3v) is 6.00. The van der Waals surface area contributed by atoms with Crippen molar-refractivity contribution in [3.8, 4) is 11.1 Å². The van der Waals surface area contributed by atoms with Crippen molar-refractivity contribution in [2.75, 3.05) is 5.32 Å². The molecule has 0 saturated heterocycles. The molecule has 0 spiro atoms. The van der Waals surface area contributed by atoms with E-state index < -0.39 is 23.5 Å². The van der Waals surface area contributed by atoms with Gasteiger partial charge in [0.2, 0.25) is 0 Å². The lowest BCUT2D eigenvalue weighted by Crippen LogP contribution is -2.12. The molecule has 0 atom stereocenters. The molecule has 0 aliphatic carbocycles. The fraction of sp³-hybridized carbons (Fsp3) is 0.111. The van der Waals surface area contributed by atoms with Crippen LogP contribution in [0.5, 0.6) is 0 Å². The maximum Gasteiger partial charge on any atom is 0.416 e. The molecule has 0 aliphatic rings. The third kappa shape index (κ3) is 5.10. The molecule has 1 amide bonds. The second kappa shape index (κ2) is 9.55. The fourth-order valence-electron chi connectivity index (χ4n) is 4.02. The van der Waals surface area contributed by atoms with Crippen molar-refractivity contribution in [2.45, 2.75) is 19.3 Å². The molecule has 3 aromatic carbocycles. The number of nitrogens with one attached hydrogen (secondary N) is 2. The van der Waals surface area contributed by atoms with Gasteiger partial charge in [0.25, 0.3) is 5.91 Å². The summed E-state index contributed by atoms with van der Waals surface area (Å²) in [5.74, 6) is -0.967. The lowest BCUT2D eigenvalue weighted by molar-refractivity contribution is -0.137. The van der Waals surface area contributed by atoms with Crippen LogP contribution < -0.4 is 5.32 Å². The zero-order chi connectivity index (χ0) is 26.2.